The van der Waals surface area contributed by atoms with Crippen molar-refractivity contribution in [1.82, 2.24) is 19.4 Å². The fourth-order valence-corrected chi connectivity index (χ4v) is 3.96. The van der Waals surface area contributed by atoms with E-state index < -0.39 is 0 Å². The van der Waals surface area contributed by atoms with Gasteiger partial charge in [-0.2, -0.15) is 0 Å². The van der Waals surface area contributed by atoms with E-state index in [4.69, 9.17) is 0 Å². The van der Waals surface area contributed by atoms with E-state index in [9.17, 15) is 14.4 Å². The Hall–Kier alpha value is -2.35. The summed E-state index contributed by atoms with van der Waals surface area (Å²) in [5.41, 5.74) is 0.505. The molecule has 0 spiro atoms. The molecule has 8 heteroatoms. The highest BCUT2D eigenvalue weighted by Gasteiger charge is 2.19. The van der Waals surface area contributed by atoms with Crippen molar-refractivity contribution >= 4 is 34.5 Å². The summed E-state index contributed by atoms with van der Waals surface area (Å²) in [6.07, 6.45) is 0. The minimum absolute atomic E-state index is 0.0448. The van der Waals surface area contributed by atoms with Gasteiger partial charge in [-0.05, 0) is 39.8 Å². The average Bonchev–Trinajstić information content (AvgIpc) is 2.66. The van der Waals surface area contributed by atoms with Gasteiger partial charge in [0.05, 0.1) is 23.2 Å². The third kappa shape index (κ3) is 4.92. The summed E-state index contributed by atoms with van der Waals surface area (Å²) >= 11 is 1.22. The number of amides is 2. The molecule has 2 aromatic rings. The molecule has 0 saturated carbocycles. The van der Waals surface area contributed by atoms with Gasteiger partial charge >= 0.3 is 0 Å². The lowest BCUT2D eigenvalue weighted by atomic mass is 10.2. The summed E-state index contributed by atoms with van der Waals surface area (Å²) < 4.78 is 1.61. The first-order chi connectivity index (χ1) is 13.3. The summed E-state index contributed by atoms with van der Waals surface area (Å²) in [4.78, 5) is 45.2. The number of carbonyl (C=O) groups excluding carboxylic acids is 2. The van der Waals surface area contributed by atoms with Crippen molar-refractivity contribution in [2.45, 2.75) is 38.9 Å². The zero-order valence-corrected chi connectivity index (χ0v) is 18.0. The molecular formula is C20H28N4O3S. The summed E-state index contributed by atoms with van der Waals surface area (Å²) in [6.45, 7) is 8.94. The number of likely N-dealkylation sites (N-methyl/N-ethyl adjacent to an activating group) is 2. The predicted octanol–water partition coefficient (Wildman–Crippen LogP) is 2.40. The summed E-state index contributed by atoms with van der Waals surface area (Å²) in [7, 11) is 1.62. The van der Waals surface area contributed by atoms with E-state index in [1.165, 1.54) is 16.7 Å². The predicted molar refractivity (Wildman–Crippen MR) is 113 cm³/mol. The Morgan fingerprint density at radius 1 is 1.14 bits per heavy atom. The zero-order valence-electron chi connectivity index (χ0n) is 17.1. The molecule has 0 N–H and O–H groups in total. The Kier molecular flexibility index (Phi) is 7.62. The highest BCUT2D eigenvalue weighted by molar-refractivity contribution is 7.99. The molecule has 0 radical (unpaired) electrons. The van der Waals surface area contributed by atoms with Gasteiger partial charge in [0.25, 0.3) is 5.56 Å². The van der Waals surface area contributed by atoms with E-state index in [1.54, 1.807) is 28.6 Å². The van der Waals surface area contributed by atoms with Gasteiger partial charge in [-0.1, -0.05) is 23.9 Å². The third-order valence-corrected chi connectivity index (χ3v) is 5.47. The highest BCUT2D eigenvalue weighted by atomic mass is 32.2. The molecule has 0 aliphatic rings. The third-order valence-electron chi connectivity index (χ3n) is 4.53. The molecule has 0 unspecified atom stereocenters. The number of fused-ring (bicyclic) bond motifs is 1. The lowest BCUT2D eigenvalue weighted by Crippen LogP contribution is -2.41. The normalized spacial score (nSPS) is 11.1. The van der Waals surface area contributed by atoms with Crippen LogP contribution in [0.5, 0.6) is 0 Å². The van der Waals surface area contributed by atoms with Crippen molar-refractivity contribution < 1.29 is 9.59 Å². The number of para-hydroxylation sites is 1. The SMILES string of the molecule is CCN(CC)C(=O)CN(C)C(=O)CSc1nc2ccccc2c(=O)n1C(C)C. The molecular weight excluding hydrogens is 376 g/mol. The van der Waals surface area contributed by atoms with E-state index in [0.717, 1.165) is 0 Å². The van der Waals surface area contributed by atoms with Crippen LogP contribution < -0.4 is 5.56 Å². The molecule has 0 fully saturated rings. The number of thioether (sulfide) groups is 1. The van der Waals surface area contributed by atoms with Gasteiger partial charge in [-0.15, -0.1) is 0 Å². The number of hydrogen-bond acceptors (Lipinski definition) is 5. The Balaban J connectivity index is 2.16. The maximum Gasteiger partial charge on any atom is 0.262 e. The molecule has 28 heavy (non-hydrogen) atoms. The van der Waals surface area contributed by atoms with Crippen LogP contribution in [-0.4, -0.2) is 63.6 Å². The van der Waals surface area contributed by atoms with Crippen LogP contribution in [0.4, 0.5) is 0 Å². The standard InChI is InChI=1S/C20H28N4O3S/c1-6-23(7-2)17(25)12-22(5)18(26)13-28-20-21-16-11-9-8-10-15(16)19(27)24(20)14(3)4/h8-11,14H,6-7,12-13H2,1-5H3. The van der Waals surface area contributed by atoms with Crippen LogP contribution in [0.25, 0.3) is 10.9 Å². The van der Waals surface area contributed by atoms with Crippen LogP contribution in [0.15, 0.2) is 34.2 Å². The van der Waals surface area contributed by atoms with E-state index in [-0.39, 0.29) is 35.7 Å². The Labute approximate surface area is 169 Å². The van der Waals surface area contributed by atoms with Crippen LogP contribution in [0.1, 0.15) is 33.7 Å². The van der Waals surface area contributed by atoms with Crippen molar-refractivity contribution in [3.05, 3.63) is 34.6 Å². The van der Waals surface area contributed by atoms with Gasteiger partial charge in [-0.3, -0.25) is 19.0 Å². The van der Waals surface area contributed by atoms with E-state index >= 15 is 0 Å². The molecule has 1 aromatic heterocycles. The second-order valence-electron chi connectivity index (χ2n) is 6.78. The van der Waals surface area contributed by atoms with Crippen molar-refractivity contribution in [3.8, 4) is 0 Å². The van der Waals surface area contributed by atoms with Crippen molar-refractivity contribution in [2.24, 2.45) is 0 Å². The van der Waals surface area contributed by atoms with Crippen LogP contribution in [0.3, 0.4) is 0 Å². The molecule has 0 atom stereocenters. The molecule has 2 rings (SSSR count). The molecule has 1 aromatic carbocycles. The minimum Gasteiger partial charge on any atom is -0.342 e. The first kappa shape index (κ1) is 21.9. The number of aromatic nitrogens is 2. The number of nitrogens with zero attached hydrogens (tertiary/aromatic N) is 4. The highest BCUT2D eigenvalue weighted by Crippen LogP contribution is 2.21. The summed E-state index contributed by atoms with van der Waals surface area (Å²) in [5.74, 6) is -0.142. The van der Waals surface area contributed by atoms with Gasteiger partial charge in [0.2, 0.25) is 11.8 Å². The first-order valence-electron chi connectivity index (χ1n) is 9.45. The smallest absolute Gasteiger partial charge is 0.262 e. The molecule has 0 aliphatic carbocycles. The van der Waals surface area contributed by atoms with Crippen LogP contribution in [0, 0.1) is 0 Å². The topological polar surface area (TPSA) is 75.5 Å². The second kappa shape index (κ2) is 9.73. The molecule has 1 heterocycles. The first-order valence-corrected chi connectivity index (χ1v) is 10.4. The second-order valence-corrected chi connectivity index (χ2v) is 7.73. The number of carbonyl (C=O) groups is 2. The van der Waals surface area contributed by atoms with Gasteiger partial charge in [0, 0.05) is 26.2 Å². The van der Waals surface area contributed by atoms with E-state index in [0.29, 0.717) is 29.1 Å². The minimum atomic E-state index is -0.178. The monoisotopic (exact) mass is 404 g/mol. The lowest BCUT2D eigenvalue weighted by molar-refractivity contribution is -0.137. The molecule has 7 nitrogen and oxygen atoms in total. The Morgan fingerprint density at radius 3 is 2.39 bits per heavy atom. The summed E-state index contributed by atoms with van der Waals surface area (Å²) in [6, 6.07) is 7.12. The van der Waals surface area contributed by atoms with Crippen LogP contribution >= 0.6 is 11.8 Å². The van der Waals surface area contributed by atoms with E-state index in [2.05, 4.69) is 4.98 Å². The van der Waals surface area contributed by atoms with Gasteiger partial charge in [0.1, 0.15) is 0 Å². The Bertz CT molecular complexity index is 906. The van der Waals surface area contributed by atoms with Crippen molar-refractivity contribution in [2.75, 3.05) is 32.4 Å². The van der Waals surface area contributed by atoms with Crippen LogP contribution in [-0.2, 0) is 9.59 Å². The van der Waals surface area contributed by atoms with Crippen LogP contribution in [0.2, 0.25) is 0 Å². The molecule has 152 valence electrons. The lowest BCUT2D eigenvalue weighted by Gasteiger charge is -2.23. The van der Waals surface area contributed by atoms with Gasteiger partial charge < -0.3 is 9.80 Å². The maximum atomic E-state index is 12.8. The molecule has 0 bridgehead atoms. The number of hydrogen-bond donors (Lipinski definition) is 0. The van der Waals surface area contributed by atoms with Crippen molar-refractivity contribution in [1.29, 1.82) is 0 Å². The van der Waals surface area contributed by atoms with Crippen molar-refractivity contribution in [3.63, 3.8) is 0 Å². The molecule has 2 amide bonds. The summed E-state index contributed by atoms with van der Waals surface area (Å²) in [5, 5.41) is 1.07. The quantitative estimate of drug-likeness (QED) is 0.499. The average molecular weight is 405 g/mol. The van der Waals surface area contributed by atoms with E-state index in [1.807, 2.05) is 39.8 Å². The number of rotatable bonds is 8. The fraction of sp³-hybridized carbons (Fsp3) is 0.500. The maximum absolute atomic E-state index is 12.8. The molecule has 0 aliphatic heterocycles. The zero-order chi connectivity index (χ0) is 20.8. The van der Waals surface area contributed by atoms with Gasteiger partial charge in [0.15, 0.2) is 5.16 Å². The number of benzene rings is 1. The van der Waals surface area contributed by atoms with Gasteiger partial charge in [-0.25, -0.2) is 4.98 Å². The Morgan fingerprint density at radius 2 is 1.79 bits per heavy atom. The fourth-order valence-electron chi connectivity index (χ4n) is 2.89. The largest absolute Gasteiger partial charge is 0.342 e. The molecule has 0 saturated heterocycles.